The number of aryl methyl sites for hydroxylation is 1. The highest BCUT2D eigenvalue weighted by molar-refractivity contribution is 6.30. The summed E-state index contributed by atoms with van der Waals surface area (Å²) in [7, 11) is 0. The molecule has 0 saturated heterocycles. The molecule has 1 aromatic heterocycles. The number of benzene rings is 1. The molecule has 0 bridgehead atoms. The number of nitrogens with zero attached hydrogens (tertiary/aromatic N) is 2. The number of amides is 1. The average Bonchev–Trinajstić information content (AvgIpc) is 2.78. The number of halogens is 1. The third kappa shape index (κ3) is 3.13. The first-order valence-electron chi connectivity index (χ1n) is 5.83. The van der Waals surface area contributed by atoms with Crippen molar-refractivity contribution in [1.29, 1.82) is 0 Å². The largest absolute Gasteiger partial charge is 0.395 e. The quantitative estimate of drug-likeness (QED) is 0.892. The van der Waals surface area contributed by atoms with Crippen molar-refractivity contribution in [3.63, 3.8) is 0 Å². The second kappa shape index (κ2) is 5.86. The van der Waals surface area contributed by atoms with Gasteiger partial charge in [-0.2, -0.15) is 5.10 Å². The van der Waals surface area contributed by atoms with E-state index in [0.717, 1.165) is 11.4 Å². The molecule has 0 aliphatic carbocycles. The Hall–Kier alpha value is -1.85. The fourth-order valence-corrected chi connectivity index (χ4v) is 1.90. The van der Waals surface area contributed by atoms with Crippen LogP contribution in [0.2, 0.25) is 5.02 Å². The van der Waals surface area contributed by atoms with Gasteiger partial charge in [-0.1, -0.05) is 17.7 Å². The van der Waals surface area contributed by atoms with E-state index in [1.807, 2.05) is 19.1 Å². The number of aliphatic hydroxyl groups is 1. The van der Waals surface area contributed by atoms with Gasteiger partial charge in [0, 0.05) is 17.3 Å². The molecule has 2 aromatic rings. The maximum absolute atomic E-state index is 11.7. The van der Waals surface area contributed by atoms with E-state index in [1.165, 1.54) is 0 Å². The van der Waals surface area contributed by atoms with Crippen molar-refractivity contribution < 1.29 is 9.90 Å². The third-order valence-corrected chi connectivity index (χ3v) is 2.81. The van der Waals surface area contributed by atoms with Gasteiger partial charge in [-0.25, -0.2) is 4.68 Å². The molecular formula is C13H14ClN3O2. The zero-order valence-electron chi connectivity index (χ0n) is 10.4. The zero-order valence-corrected chi connectivity index (χ0v) is 11.2. The van der Waals surface area contributed by atoms with Crippen molar-refractivity contribution >= 4 is 17.5 Å². The topological polar surface area (TPSA) is 67.2 Å². The molecule has 1 heterocycles. The summed E-state index contributed by atoms with van der Waals surface area (Å²) >= 11 is 5.94. The van der Waals surface area contributed by atoms with Crippen LogP contribution in [0.25, 0.3) is 5.69 Å². The van der Waals surface area contributed by atoms with Gasteiger partial charge in [-0.3, -0.25) is 4.79 Å². The first-order valence-corrected chi connectivity index (χ1v) is 6.21. The van der Waals surface area contributed by atoms with Crippen LogP contribution in [0.4, 0.5) is 0 Å². The third-order valence-electron chi connectivity index (χ3n) is 2.57. The molecule has 5 nitrogen and oxygen atoms in total. The van der Waals surface area contributed by atoms with Gasteiger partial charge in [0.15, 0.2) is 5.69 Å². The molecule has 0 fully saturated rings. The van der Waals surface area contributed by atoms with E-state index in [4.69, 9.17) is 16.7 Å². The molecule has 0 radical (unpaired) electrons. The number of aliphatic hydroxyl groups excluding tert-OH is 1. The Morgan fingerprint density at radius 2 is 2.26 bits per heavy atom. The van der Waals surface area contributed by atoms with Crippen LogP contribution in [-0.2, 0) is 0 Å². The van der Waals surface area contributed by atoms with Gasteiger partial charge in [-0.15, -0.1) is 0 Å². The molecule has 0 aliphatic heterocycles. The van der Waals surface area contributed by atoms with E-state index in [1.54, 1.807) is 22.9 Å². The lowest BCUT2D eigenvalue weighted by Crippen LogP contribution is -2.26. The fourth-order valence-electron chi connectivity index (χ4n) is 1.71. The lowest BCUT2D eigenvalue weighted by Gasteiger charge is -2.04. The predicted octanol–water partition coefficient (Wildman–Crippen LogP) is 1.56. The van der Waals surface area contributed by atoms with E-state index in [2.05, 4.69) is 10.4 Å². The summed E-state index contributed by atoms with van der Waals surface area (Å²) in [5.41, 5.74) is 1.94. The molecule has 1 aromatic carbocycles. The lowest BCUT2D eigenvalue weighted by atomic mass is 10.3. The molecule has 0 spiro atoms. The normalized spacial score (nSPS) is 10.5. The molecule has 0 aliphatic rings. The summed E-state index contributed by atoms with van der Waals surface area (Å²) in [4.78, 5) is 11.7. The van der Waals surface area contributed by atoms with Gasteiger partial charge in [0.2, 0.25) is 0 Å². The van der Waals surface area contributed by atoms with E-state index >= 15 is 0 Å². The Balaban J connectivity index is 2.29. The van der Waals surface area contributed by atoms with Crippen molar-refractivity contribution in [3.05, 3.63) is 46.7 Å². The summed E-state index contributed by atoms with van der Waals surface area (Å²) in [6.07, 6.45) is 0. The Kier molecular flexibility index (Phi) is 4.19. The van der Waals surface area contributed by atoms with Gasteiger partial charge in [0.1, 0.15) is 0 Å². The SMILES string of the molecule is Cc1cc(C(=O)NCCO)nn1-c1cccc(Cl)c1. The summed E-state index contributed by atoms with van der Waals surface area (Å²) in [6.45, 7) is 1.97. The highest BCUT2D eigenvalue weighted by Crippen LogP contribution is 2.16. The number of hydrogen-bond acceptors (Lipinski definition) is 3. The minimum atomic E-state index is -0.307. The van der Waals surface area contributed by atoms with Crippen LogP contribution < -0.4 is 5.32 Å². The first kappa shape index (κ1) is 13.6. The zero-order chi connectivity index (χ0) is 13.8. The molecule has 6 heteroatoms. The maximum Gasteiger partial charge on any atom is 0.271 e. The van der Waals surface area contributed by atoms with Gasteiger partial charge in [0.25, 0.3) is 5.91 Å². The molecule has 1 amide bonds. The number of rotatable bonds is 4. The molecule has 0 unspecified atom stereocenters. The van der Waals surface area contributed by atoms with Crippen molar-refractivity contribution in [2.24, 2.45) is 0 Å². The molecule has 2 rings (SSSR count). The van der Waals surface area contributed by atoms with Gasteiger partial charge in [0.05, 0.1) is 12.3 Å². The number of carbonyl (C=O) groups is 1. The van der Waals surface area contributed by atoms with Crippen LogP contribution in [-0.4, -0.2) is 33.9 Å². The highest BCUT2D eigenvalue weighted by atomic mass is 35.5. The molecule has 19 heavy (non-hydrogen) atoms. The first-order chi connectivity index (χ1) is 9.11. The van der Waals surface area contributed by atoms with Gasteiger partial charge < -0.3 is 10.4 Å². The minimum Gasteiger partial charge on any atom is -0.395 e. The predicted molar refractivity (Wildman–Crippen MR) is 72.7 cm³/mol. The van der Waals surface area contributed by atoms with Crippen molar-refractivity contribution in [1.82, 2.24) is 15.1 Å². The van der Waals surface area contributed by atoms with Gasteiger partial charge >= 0.3 is 0 Å². The van der Waals surface area contributed by atoms with Crippen molar-refractivity contribution in [2.45, 2.75) is 6.92 Å². The van der Waals surface area contributed by atoms with E-state index in [-0.39, 0.29) is 19.1 Å². The lowest BCUT2D eigenvalue weighted by molar-refractivity contribution is 0.0939. The van der Waals surface area contributed by atoms with Gasteiger partial charge in [-0.05, 0) is 31.2 Å². The van der Waals surface area contributed by atoms with Crippen LogP contribution in [0, 0.1) is 6.92 Å². The molecular weight excluding hydrogens is 266 g/mol. The molecule has 2 N–H and O–H groups in total. The monoisotopic (exact) mass is 279 g/mol. The van der Waals surface area contributed by atoms with Crippen LogP contribution in [0.1, 0.15) is 16.2 Å². The van der Waals surface area contributed by atoms with E-state index in [9.17, 15) is 4.79 Å². The van der Waals surface area contributed by atoms with Crippen molar-refractivity contribution in [3.8, 4) is 5.69 Å². The molecule has 100 valence electrons. The van der Waals surface area contributed by atoms with E-state index < -0.39 is 0 Å². The smallest absolute Gasteiger partial charge is 0.271 e. The standard InChI is InChI=1S/C13H14ClN3O2/c1-9-7-12(13(19)15-5-6-18)16-17(9)11-4-2-3-10(14)8-11/h2-4,7-8,18H,5-6H2,1H3,(H,15,19). The Morgan fingerprint density at radius 1 is 1.47 bits per heavy atom. The maximum atomic E-state index is 11.7. The average molecular weight is 280 g/mol. The fraction of sp³-hybridized carbons (Fsp3) is 0.231. The number of aromatic nitrogens is 2. The highest BCUT2D eigenvalue weighted by Gasteiger charge is 2.12. The Bertz CT molecular complexity index is 595. The van der Waals surface area contributed by atoms with Crippen molar-refractivity contribution in [2.75, 3.05) is 13.2 Å². The second-order valence-electron chi connectivity index (χ2n) is 4.04. The molecule has 0 saturated carbocycles. The summed E-state index contributed by atoms with van der Waals surface area (Å²) in [5.74, 6) is -0.307. The number of nitrogens with one attached hydrogen (secondary N) is 1. The Morgan fingerprint density at radius 3 is 2.95 bits per heavy atom. The summed E-state index contributed by atoms with van der Waals surface area (Å²) < 4.78 is 1.65. The Labute approximate surface area is 115 Å². The van der Waals surface area contributed by atoms with Crippen LogP contribution in [0.15, 0.2) is 30.3 Å². The van der Waals surface area contributed by atoms with Crippen LogP contribution >= 0.6 is 11.6 Å². The summed E-state index contributed by atoms with van der Waals surface area (Å²) in [5, 5.41) is 16.1. The summed E-state index contributed by atoms with van der Waals surface area (Å²) in [6, 6.07) is 8.93. The number of carbonyl (C=O) groups excluding carboxylic acids is 1. The molecule has 0 atom stereocenters. The van der Waals surface area contributed by atoms with Crippen LogP contribution in [0.5, 0.6) is 0 Å². The van der Waals surface area contributed by atoms with Crippen LogP contribution in [0.3, 0.4) is 0 Å². The minimum absolute atomic E-state index is 0.0975. The van der Waals surface area contributed by atoms with E-state index in [0.29, 0.717) is 10.7 Å². The number of hydrogen-bond donors (Lipinski definition) is 2. The second-order valence-corrected chi connectivity index (χ2v) is 4.48.